The number of nitrogens with one attached hydrogen (secondary N) is 1. The van der Waals surface area contributed by atoms with Gasteiger partial charge in [-0.25, -0.2) is 0 Å². The number of rotatable bonds is 3. The molecule has 2 fully saturated rings. The molecule has 1 atom stereocenters. The first-order valence-corrected chi connectivity index (χ1v) is 6.22. The van der Waals surface area contributed by atoms with Crippen molar-refractivity contribution in [1.82, 2.24) is 10.2 Å². The van der Waals surface area contributed by atoms with Gasteiger partial charge in [0.1, 0.15) is 0 Å². The maximum absolute atomic E-state index is 3.51. The Labute approximate surface area is 88.1 Å². The van der Waals surface area contributed by atoms with Gasteiger partial charge in [0.2, 0.25) is 0 Å². The summed E-state index contributed by atoms with van der Waals surface area (Å²) in [7, 11) is 0. The van der Waals surface area contributed by atoms with Crippen molar-refractivity contribution in [3.05, 3.63) is 0 Å². The van der Waals surface area contributed by atoms with E-state index in [1.54, 1.807) is 0 Å². The first-order valence-electron chi connectivity index (χ1n) is 6.22. The Balaban J connectivity index is 1.85. The molecule has 1 aliphatic heterocycles. The lowest BCUT2D eigenvalue weighted by Crippen LogP contribution is -2.55. The minimum Gasteiger partial charge on any atom is -0.314 e. The number of hydrogen-bond acceptors (Lipinski definition) is 2. The Bertz CT molecular complexity index is 175. The third-order valence-corrected chi connectivity index (χ3v) is 3.89. The first-order chi connectivity index (χ1) is 6.77. The Morgan fingerprint density at radius 1 is 1.36 bits per heavy atom. The molecule has 1 heterocycles. The smallest absolute Gasteiger partial charge is 0.0244 e. The fourth-order valence-corrected chi connectivity index (χ4v) is 2.66. The van der Waals surface area contributed by atoms with Crippen molar-refractivity contribution in [2.75, 3.05) is 26.2 Å². The van der Waals surface area contributed by atoms with Crippen LogP contribution in [0.4, 0.5) is 0 Å². The molecule has 0 amide bonds. The van der Waals surface area contributed by atoms with Crippen LogP contribution < -0.4 is 5.32 Å². The van der Waals surface area contributed by atoms with Gasteiger partial charge >= 0.3 is 0 Å². The van der Waals surface area contributed by atoms with Gasteiger partial charge in [-0.1, -0.05) is 20.3 Å². The molecule has 14 heavy (non-hydrogen) atoms. The van der Waals surface area contributed by atoms with E-state index in [-0.39, 0.29) is 0 Å². The third-order valence-electron chi connectivity index (χ3n) is 3.89. The summed E-state index contributed by atoms with van der Waals surface area (Å²) in [5, 5.41) is 3.51. The van der Waals surface area contributed by atoms with Crippen LogP contribution in [0.5, 0.6) is 0 Å². The Morgan fingerprint density at radius 3 is 2.71 bits per heavy atom. The molecule has 1 saturated carbocycles. The van der Waals surface area contributed by atoms with E-state index in [4.69, 9.17) is 0 Å². The maximum Gasteiger partial charge on any atom is 0.0244 e. The van der Waals surface area contributed by atoms with Crippen LogP contribution in [0.1, 0.15) is 33.1 Å². The second kappa shape index (κ2) is 4.63. The van der Waals surface area contributed by atoms with Crippen LogP contribution >= 0.6 is 0 Å². The summed E-state index contributed by atoms with van der Waals surface area (Å²) < 4.78 is 0. The van der Waals surface area contributed by atoms with E-state index in [9.17, 15) is 0 Å². The molecular weight excluding hydrogens is 172 g/mol. The van der Waals surface area contributed by atoms with Gasteiger partial charge in [0, 0.05) is 32.2 Å². The lowest BCUT2D eigenvalue weighted by molar-refractivity contribution is 0.0849. The van der Waals surface area contributed by atoms with Crippen LogP contribution in [0.2, 0.25) is 0 Å². The van der Waals surface area contributed by atoms with E-state index < -0.39 is 0 Å². The second-order valence-corrected chi connectivity index (χ2v) is 5.31. The van der Waals surface area contributed by atoms with E-state index in [1.165, 1.54) is 45.4 Å². The Kier molecular flexibility index (Phi) is 3.45. The fraction of sp³-hybridized carbons (Fsp3) is 1.00. The minimum atomic E-state index is 0.782. The van der Waals surface area contributed by atoms with E-state index >= 15 is 0 Å². The average Bonchev–Trinajstić information content (AvgIpc) is 2.12. The zero-order valence-corrected chi connectivity index (χ0v) is 9.63. The van der Waals surface area contributed by atoms with E-state index in [2.05, 4.69) is 24.1 Å². The zero-order valence-electron chi connectivity index (χ0n) is 9.63. The van der Waals surface area contributed by atoms with Gasteiger partial charge in [0.05, 0.1) is 0 Å². The molecule has 82 valence electrons. The lowest BCUT2D eigenvalue weighted by atomic mass is 9.84. The number of hydrogen-bond donors (Lipinski definition) is 1. The van der Waals surface area contributed by atoms with Gasteiger partial charge in [-0.05, 0) is 24.7 Å². The first kappa shape index (κ1) is 10.4. The van der Waals surface area contributed by atoms with Gasteiger partial charge in [0.15, 0.2) is 0 Å². The monoisotopic (exact) mass is 196 g/mol. The van der Waals surface area contributed by atoms with Gasteiger partial charge in [0.25, 0.3) is 0 Å². The molecular formula is C12H24N2. The quantitative estimate of drug-likeness (QED) is 0.739. The maximum atomic E-state index is 3.51. The summed E-state index contributed by atoms with van der Waals surface area (Å²) in [6, 6.07) is 0.782. The van der Waals surface area contributed by atoms with Gasteiger partial charge in [-0.3, -0.25) is 4.90 Å². The molecule has 1 aliphatic carbocycles. The number of nitrogens with zero attached hydrogens (tertiary/aromatic N) is 1. The van der Waals surface area contributed by atoms with E-state index in [0.717, 1.165) is 17.9 Å². The van der Waals surface area contributed by atoms with Crippen LogP contribution in [0.15, 0.2) is 0 Å². The predicted molar refractivity (Wildman–Crippen MR) is 60.4 cm³/mol. The van der Waals surface area contributed by atoms with E-state index in [0.29, 0.717) is 0 Å². The van der Waals surface area contributed by atoms with Gasteiger partial charge in [-0.15, -0.1) is 0 Å². The molecule has 0 aromatic rings. The van der Waals surface area contributed by atoms with Crippen LogP contribution in [-0.2, 0) is 0 Å². The van der Waals surface area contributed by atoms with Crippen molar-refractivity contribution >= 4 is 0 Å². The normalized spacial score (nSPS) is 30.6. The Hall–Kier alpha value is -0.0800. The van der Waals surface area contributed by atoms with Crippen LogP contribution in [-0.4, -0.2) is 37.1 Å². The molecule has 1 saturated heterocycles. The molecule has 0 radical (unpaired) electrons. The van der Waals surface area contributed by atoms with Crippen LogP contribution in [0, 0.1) is 11.8 Å². The van der Waals surface area contributed by atoms with Crippen molar-refractivity contribution in [3.8, 4) is 0 Å². The van der Waals surface area contributed by atoms with Crippen LogP contribution in [0.3, 0.4) is 0 Å². The molecule has 0 spiro atoms. The standard InChI is InChI=1S/C12H24N2/c1-10(2)12-8-13-6-7-14(12)9-11-4-3-5-11/h10-13H,3-9H2,1-2H3. The predicted octanol–water partition coefficient (Wildman–Crippen LogP) is 1.72. The highest BCUT2D eigenvalue weighted by Crippen LogP contribution is 2.28. The molecule has 0 bridgehead atoms. The molecule has 2 rings (SSSR count). The Morgan fingerprint density at radius 2 is 2.14 bits per heavy atom. The summed E-state index contributed by atoms with van der Waals surface area (Å²) in [6.45, 7) is 9.72. The highest BCUT2D eigenvalue weighted by molar-refractivity contribution is 4.85. The molecule has 2 nitrogen and oxygen atoms in total. The summed E-state index contributed by atoms with van der Waals surface area (Å²) >= 11 is 0. The average molecular weight is 196 g/mol. The second-order valence-electron chi connectivity index (χ2n) is 5.31. The third kappa shape index (κ3) is 2.29. The summed E-state index contributed by atoms with van der Waals surface area (Å²) in [5.74, 6) is 1.82. The number of piperazine rings is 1. The lowest BCUT2D eigenvalue weighted by Gasteiger charge is -2.42. The van der Waals surface area contributed by atoms with Gasteiger partial charge in [-0.2, -0.15) is 0 Å². The van der Waals surface area contributed by atoms with Crippen molar-refractivity contribution in [2.24, 2.45) is 11.8 Å². The minimum absolute atomic E-state index is 0.782. The highest BCUT2D eigenvalue weighted by Gasteiger charge is 2.28. The SMILES string of the molecule is CC(C)C1CNCCN1CC1CCC1. The van der Waals surface area contributed by atoms with Crippen molar-refractivity contribution in [1.29, 1.82) is 0 Å². The summed E-state index contributed by atoms with van der Waals surface area (Å²) in [4.78, 5) is 2.73. The van der Waals surface area contributed by atoms with Crippen molar-refractivity contribution in [2.45, 2.75) is 39.2 Å². The molecule has 2 aliphatic rings. The van der Waals surface area contributed by atoms with E-state index in [1.807, 2.05) is 0 Å². The summed E-state index contributed by atoms with van der Waals surface area (Å²) in [5.41, 5.74) is 0. The molecule has 1 N–H and O–H groups in total. The molecule has 0 aromatic heterocycles. The largest absolute Gasteiger partial charge is 0.314 e. The fourth-order valence-electron chi connectivity index (χ4n) is 2.66. The van der Waals surface area contributed by atoms with Crippen molar-refractivity contribution < 1.29 is 0 Å². The van der Waals surface area contributed by atoms with Crippen molar-refractivity contribution in [3.63, 3.8) is 0 Å². The molecule has 1 unspecified atom stereocenters. The van der Waals surface area contributed by atoms with Crippen LogP contribution in [0.25, 0.3) is 0 Å². The highest BCUT2D eigenvalue weighted by atomic mass is 15.2. The zero-order chi connectivity index (χ0) is 9.97. The summed E-state index contributed by atoms with van der Waals surface area (Å²) in [6.07, 6.45) is 4.44. The van der Waals surface area contributed by atoms with Gasteiger partial charge < -0.3 is 5.32 Å². The molecule has 2 heteroatoms. The molecule has 0 aromatic carbocycles. The topological polar surface area (TPSA) is 15.3 Å².